The van der Waals surface area contributed by atoms with E-state index < -0.39 is 0 Å². The number of nitrogens with one attached hydrogen (secondary N) is 2. The molecule has 2 amide bonds. The monoisotopic (exact) mass is 237 g/mol. The number of nitrogens with zero attached hydrogens (tertiary/aromatic N) is 1. The molecular formula is C12H19N3O2. The Labute approximate surface area is 101 Å². The van der Waals surface area contributed by atoms with Crippen LogP contribution >= 0.6 is 0 Å². The molecule has 0 radical (unpaired) electrons. The summed E-state index contributed by atoms with van der Waals surface area (Å²) < 4.78 is 0. The highest BCUT2D eigenvalue weighted by Crippen LogP contribution is 2.17. The van der Waals surface area contributed by atoms with Crippen molar-refractivity contribution in [1.29, 1.82) is 0 Å². The van der Waals surface area contributed by atoms with Gasteiger partial charge >= 0.3 is 6.03 Å². The summed E-state index contributed by atoms with van der Waals surface area (Å²) in [7, 11) is 0. The minimum absolute atomic E-state index is 0.107. The van der Waals surface area contributed by atoms with Gasteiger partial charge in [-0.2, -0.15) is 0 Å². The first-order chi connectivity index (χ1) is 8.03. The van der Waals surface area contributed by atoms with Crippen molar-refractivity contribution in [2.24, 2.45) is 5.41 Å². The van der Waals surface area contributed by atoms with Gasteiger partial charge in [0.1, 0.15) is 0 Å². The van der Waals surface area contributed by atoms with Crippen LogP contribution in [0.3, 0.4) is 0 Å². The van der Waals surface area contributed by atoms with Gasteiger partial charge in [0, 0.05) is 31.2 Å². The predicted molar refractivity (Wildman–Crippen MR) is 66.7 cm³/mol. The summed E-state index contributed by atoms with van der Waals surface area (Å²) in [6.07, 6.45) is 3.89. The first-order valence-electron chi connectivity index (χ1n) is 5.59. The number of carbonyl (C=O) groups is 1. The average Bonchev–Trinajstić information content (AvgIpc) is 2.28. The minimum Gasteiger partial charge on any atom is -0.396 e. The third-order valence-electron chi connectivity index (χ3n) is 2.45. The Kier molecular flexibility index (Phi) is 4.90. The van der Waals surface area contributed by atoms with E-state index in [1.54, 1.807) is 24.5 Å². The maximum Gasteiger partial charge on any atom is 0.319 e. The highest BCUT2D eigenvalue weighted by Gasteiger charge is 2.17. The number of aromatic nitrogens is 1. The molecule has 5 nitrogen and oxygen atoms in total. The second kappa shape index (κ2) is 6.20. The van der Waals surface area contributed by atoms with Gasteiger partial charge in [0.05, 0.1) is 0 Å². The lowest BCUT2D eigenvalue weighted by molar-refractivity contribution is 0.204. The zero-order valence-electron chi connectivity index (χ0n) is 10.2. The molecule has 0 aromatic carbocycles. The van der Waals surface area contributed by atoms with Crippen molar-refractivity contribution in [3.05, 3.63) is 24.5 Å². The summed E-state index contributed by atoms with van der Waals surface area (Å²) in [4.78, 5) is 15.4. The molecule has 0 atom stereocenters. The van der Waals surface area contributed by atoms with Gasteiger partial charge in [0.15, 0.2) is 0 Å². The largest absolute Gasteiger partial charge is 0.396 e. The van der Waals surface area contributed by atoms with Crippen molar-refractivity contribution in [2.45, 2.75) is 20.3 Å². The number of hydrogen-bond acceptors (Lipinski definition) is 3. The molecule has 0 aliphatic rings. The molecule has 1 rings (SSSR count). The number of aliphatic hydroxyl groups excluding tert-OH is 1. The number of rotatable bonds is 5. The number of anilines is 1. The molecule has 1 aromatic heterocycles. The second-order valence-corrected chi connectivity index (χ2v) is 4.68. The lowest BCUT2D eigenvalue weighted by Gasteiger charge is -2.23. The SMILES string of the molecule is CC(C)(CCO)CNC(=O)Nc1ccncc1. The van der Waals surface area contributed by atoms with Gasteiger partial charge in [-0.3, -0.25) is 4.98 Å². The summed E-state index contributed by atoms with van der Waals surface area (Å²) in [5.41, 5.74) is 0.599. The normalized spacial score (nSPS) is 11.0. The third-order valence-corrected chi connectivity index (χ3v) is 2.45. The fraction of sp³-hybridized carbons (Fsp3) is 0.500. The molecule has 0 aliphatic heterocycles. The van der Waals surface area contributed by atoms with E-state index in [1.165, 1.54) is 0 Å². The van der Waals surface area contributed by atoms with E-state index in [9.17, 15) is 4.79 Å². The van der Waals surface area contributed by atoms with E-state index >= 15 is 0 Å². The highest BCUT2D eigenvalue weighted by atomic mass is 16.3. The van der Waals surface area contributed by atoms with Crippen LogP contribution in [0.1, 0.15) is 20.3 Å². The van der Waals surface area contributed by atoms with E-state index in [0.717, 1.165) is 0 Å². The molecular weight excluding hydrogens is 218 g/mol. The van der Waals surface area contributed by atoms with Crippen LogP contribution in [-0.2, 0) is 0 Å². The highest BCUT2D eigenvalue weighted by molar-refractivity contribution is 5.89. The number of aliphatic hydroxyl groups is 1. The Morgan fingerprint density at radius 1 is 1.41 bits per heavy atom. The Morgan fingerprint density at radius 3 is 2.65 bits per heavy atom. The maximum atomic E-state index is 11.6. The Morgan fingerprint density at radius 2 is 2.06 bits per heavy atom. The molecule has 0 aliphatic carbocycles. The van der Waals surface area contributed by atoms with Crippen LogP contribution in [0.2, 0.25) is 0 Å². The van der Waals surface area contributed by atoms with Gasteiger partial charge in [0.25, 0.3) is 0 Å². The summed E-state index contributed by atoms with van der Waals surface area (Å²) in [6.45, 7) is 4.64. The van der Waals surface area contributed by atoms with Crippen molar-refractivity contribution in [3.8, 4) is 0 Å². The number of hydrogen-bond donors (Lipinski definition) is 3. The van der Waals surface area contributed by atoms with Crippen LogP contribution < -0.4 is 10.6 Å². The molecule has 3 N–H and O–H groups in total. The average molecular weight is 237 g/mol. The van der Waals surface area contributed by atoms with Gasteiger partial charge in [-0.15, -0.1) is 0 Å². The van der Waals surface area contributed by atoms with Crippen molar-refractivity contribution in [2.75, 3.05) is 18.5 Å². The van der Waals surface area contributed by atoms with Crippen LogP contribution in [0.4, 0.5) is 10.5 Å². The Hall–Kier alpha value is -1.62. The fourth-order valence-corrected chi connectivity index (χ4v) is 1.32. The second-order valence-electron chi connectivity index (χ2n) is 4.68. The number of urea groups is 1. The molecule has 1 aromatic rings. The summed E-state index contributed by atoms with van der Waals surface area (Å²) in [5.74, 6) is 0. The fourth-order valence-electron chi connectivity index (χ4n) is 1.32. The van der Waals surface area contributed by atoms with Crippen LogP contribution in [-0.4, -0.2) is 29.3 Å². The minimum atomic E-state index is -0.248. The smallest absolute Gasteiger partial charge is 0.319 e. The molecule has 0 spiro atoms. The standard InChI is InChI=1S/C12H19N3O2/c1-12(2,5-8-16)9-14-11(17)15-10-3-6-13-7-4-10/h3-4,6-7,16H,5,8-9H2,1-2H3,(H2,13,14,15,17). The van der Waals surface area contributed by atoms with Crippen LogP contribution in [0.25, 0.3) is 0 Å². The summed E-state index contributed by atoms with van der Waals surface area (Å²) in [5, 5.41) is 14.3. The Bertz CT molecular complexity index is 352. The molecule has 17 heavy (non-hydrogen) atoms. The zero-order valence-corrected chi connectivity index (χ0v) is 10.2. The van der Waals surface area contributed by atoms with E-state index in [2.05, 4.69) is 15.6 Å². The lowest BCUT2D eigenvalue weighted by Crippen LogP contribution is -2.37. The maximum absolute atomic E-state index is 11.6. The third kappa shape index (κ3) is 5.31. The van der Waals surface area contributed by atoms with Gasteiger partial charge in [-0.05, 0) is 24.0 Å². The molecule has 0 unspecified atom stereocenters. The summed E-state index contributed by atoms with van der Waals surface area (Å²) >= 11 is 0. The van der Waals surface area contributed by atoms with Crippen LogP contribution in [0.15, 0.2) is 24.5 Å². The number of amides is 2. The Balaban J connectivity index is 2.36. The molecule has 5 heteroatoms. The van der Waals surface area contributed by atoms with E-state index in [1.807, 2.05) is 13.8 Å². The number of pyridine rings is 1. The number of carbonyl (C=O) groups excluding carboxylic acids is 1. The topological polar surface area (TPSA) is 74.2 Å². The first kappa shape index (κ1) is 13.4. The van der Waals surface area contributed by atoms with Gasteiger partial charge in [-0.25, -0.2) is 4.79 Å². The van der Waals surface area contributed by atoms with Crippen molar-refractivity contribution in [1.82, 2.24) is 10.3 Å². The zero-order chi connectivity index (χ0) is 12.7. The van der Waals surface area contributed by atoms with Crippen LogP contribution in [0, 0.1) is 5.41 Å². The van der Waals surface area contributed by atoms with E-state index in [4.69, 9.17) is 5.11 Å². The lowest BCUT2D eigenvalue weighted by atomic mass is 9.90. The van der Waals surface area contributed by atoms with E-state index in [-0.39, 0.29) is 18.1 Å². The molecule has 94 valence electrons. The van der Waals surface area contributed by atoms with Crippen molar-refractivity contribution >= 4 is 11.7 Å². The molecule has 1 heterocycles. The van der Waals surface area contributed by atoms with Gasteiger partial charge < -0.3 is 15.7 Å². The van der Waals surface area contributed by atoms with Crippen molar-refractivity contribution in [3.63, 3.8) is 0 Å². The molecule has 0 saturated heterocycles. The van der Waals surface area contributed by atoms with Gasteiger partial charge in [0.2, 0.25) is 0 Å². The molecule has 0 fully saturated rings. The predicted octanol–water partition coefficient (Wildman–Crippen LogP) is 1.61. The van der Waals surface area contributed by atoms with E-state index in [0.29, 0.717) is 18.7 Å². The quantitative estimate of drug-likeness (QED) is 0.728. The van der Waals surface area contributed by atoms with Crippen LogP contribution in [0.5, 0.6) is 0 Å². The summed E-state index contributed by atoms with van der Waals surface area (Å²) in [6, 6.07) is 3.19. The first-order valence-corrected chi connectivity index (χ1v) is 5.59. The molecule has 0 saturated carbocycles. The van der Waals surface area contributed by atoms with Gasteiger partial charge in [-0.1, -0.05) is 13.8 Å². The van der Waals surface area contributed by atoms with Crippen molar-refractivity contribution < 1.29 is 9.90 Å². The molecule has 0 bridgehead atoms.